The molecule has 2 aliphatic heterocycles. The minimum Gasteiger partial charge on any atom is -0.489 e. The van der Waals surface area contributed by atoms with Crippen molar-refractivity contribution < 1.29 is 4.74 Å². The molecule has 0 radical (unpaired) electrons. The van der Waals surface area contributed by atoms with E-state index in [9.17, 15) is 0 Å². The molecule has 0 spiro atoms. The number of fused-ring (bicyclic) bond motifs is 2. The van der Waals surface area contributed by atoms with Crippen LogP contribution in [0.5, 0.6) is 5.75 Å². The van der Waals surface area contributed by atoms with Crippen LogP contribution in [0.2, 0.25) is 0 Å². The van der Waals surface area contributed by atoms with Crippen LogP contribution in [-0.2, 0) is 12.8 Å². The number of para-hydroxylation sites is 2. The van der Waals surface area contributed by atoms with Crippen molar-refractivity contribution in [3.05, 3.63) is 53.6 Å². The van der Waals surface area contributed by atoms with Crippen molar-refractivity contribution in [1.29, 1.82) is 0 Å². The predicted octanol–water partition coefficient (Wildman–Crippen LogP) is 4.68. The molecule has 1 unspecified atom stereocenters. The topological polar surface area (TPSA) is 15.7 Å². The molecule has 2 heterocycles. The molecular weight excluding hydrogens is 320 g/mol. The molecule has 3 nitrogen and oxygen atoms in total. The lowest BCUT2D eigenvalue weighted by Crippen LogP contribution is -2.40. The molecule has 0 N–H and O–H groups in total. The minimum absolute atomic E-state index is 0.459. The Bertz CT molecular complexity index is 771. The Kier molecular flexibility index (Phi) is 4.80. The Morgan fingerprint density at radius 1 is 0.923 bits per heavy atom. The van der Waals surface area contributed by atoms with Gasteiger partial charge in [0.1, 0.15) is 12.4 Å². The molecule has 3 heteroatoms. The number of hydrogen-bond acceptors (Lipinski definition) is 3. The van der Waals surface area contributed by atoms with Crippen LogP contribution in [0.4, 0.5) is 11.4 Å². The zero-order valence-electron chi connectivity index (χ0n) is 16.2. The summed E-state index contributed by atoms with van der Waals surface area (Å²) in [7, 11) is 0. The summed E-state index contributed by atoms with van der Waals surface area (Å²) in [6.45, 7) is 9.77. The second-order valence-corrected chi connectivity index (χ2v) is 7.88. The van der Waals surface area contributed by atoms with Gasteiger partial charge in [-0.2, -0.15) is 0 Å². The number of anilines is 2. The molecule has 0 saturated carbocycles. The Balaban J connectivity index is 1.60. The van der Waals surface area contributed by atoms with E-state index in [2.05, 4.69) is 73.0 Å². The third kappa shape index (κ3) is 3.15. The number of rotatable bonds is 4. The average molecular weight is 351 g/mol. The molecular formula is C23H30N2O. The highest BCUT2D eigenvalue weighted by atomic mass is 16.5. The highest BCUT2D eigenvalue weighted by Gasteiger charge is 2.26. The largest absolute Gasteiger partial charge is 0.489 e. The zero-order valence-corrected chi connectivity index (χ0v) is 16.2. The minimum atomic E-state index is 0.459. The molecule has 26 heavy (non-hydrogen) atoms. The van der Waals surface area contributed by atoms with Crippen LogP contribution < -0.4 is 14.5 Å². The third-order valence-electron chi connectivity index (χ3n) is 5.78. The fourth-order valence-corrected chi connectivity index (χ4v) is 4.48. The van der Waals surface area contributed by atoms with E-state index in [1.54, 1.807) is 0 Å². The zero-order chi connectivity index (χ0) is 18.1. The standard InChI is InChI=1S/C23H30N2O/c1-17(2)24-14-15-26-23-20(9-6-12-22(23)24)16-18(3)25-13-7-10-19-8-4-5-11-21(19)25/h4-6,8-9,11-12,17-18H,7,10,13-16H2,1-3H3. The molecule has 0 saturated heterocycles. The van der Waals surface area contributed by atoms with Crippen molar-refractivity contribution in [2.75, 3.05) is 29.5 Å². The number of hydrogen-bond donors (Lipinski definition) is 0. The maximum absolute atomic E-state index is 6.13. The van der Waals surface area contributed by atoms with E-state index in [0.717, 1.165) is 31.9 Å². The lowest BCUT2D eigenvalue weighted by molar-refractivity contribution is 0.299. The lowest BCUT2D eigenvalue weighted by atomic mass is 9.97. The van der Waals surface area contributed by atoms with Crippen molar-refractivity contribution in [2.24, 2.45) is 0 Å². The normalized spacial score (nSPS) is 17.5. The van der Waals surface area contributed by atoms with Gasteiger partial charge < -0.3 is 14.5 Å². The van der Waals surface area contributed by atoms with E-state index in [1.807, 2.05) is 0 Å². The monoisotopic (exact) mass is 350 g/mol. The molecule has 2 aromatic rings. The van der Waals surface area contributed by atoms with Crippen molar-refractivity contribution in [1.82, 2.24) is 0 Å². The fraction of sp³-hybridized carbons (Fsp3) is 0.478. The van der Waals surface area contributed by atoms with Crippen LogP contribution >= 0.6 is 0 Å². The number of nitrogens with zero attached hydrogens (tertiary/aromatic N) is 2. The summed E-state index contributed by atoms with van der Waals surface area (Å²) in [6, 6.07) is 16.5. The van der Waals surface area contributed by atoms with Crippen LogP contribution in [0.3, 0.4) is 0 Å². The smallest absolute Gasteiger partial charge is 0.145 e. The quantitative estimate of drug-likeness (QED) is 0.796. The Morgan fingerprint density at radius 2 is 1.73 bits per heavy atom. The van der Waals surface area contributed by atoms with Crippen molar-refractivity contribution in [2.45, 2.75) is 52.1 Å². The summed E-state index contributed by atoms with van der Waals surface area (Å²) in [5.74, 6) is 1.10. The van der Waals surface area contributed by atoms with Gasteiger partial charge in [-0.25, -0.2) is 0 Å². The van der Waals surface area contributed by atoms with Gasteiger partial charge in [-0.3, -0.25) is 0 Å². The van der Waals surface area contributed by atoms with Crippen LogP contribution in [0.15, 0.2) is 42.5 Å². The molecule has 138 valence electrons. The predicted molar refractivity (Wildman–Crippen MR) is 110 cm³/mol. The van der Waals surface area contributed by atoms with Gasteiger partial charge in [0.15, 0.2) is 0 Å². The average Bonchev–Trinajstić information content (AvgIpc) is 2.67. The van der Waals surface area contributed by atoms with E-state index >= 15 is 0 Å². The number of benzene rings is 2. The first-order valence-electron chi connectivity index (χ1n) is 10.0. The third-order valence-corrected chi connectivity index (χ3v) is 5.78. The second-order valence-electron chi connectivity index (χ2n) is 7.88. The summed E-state index contributed by atoms with van der Waals surface area (Å²) in [4.78, 5) is 5.05. The Morgan fingerprint density at radius 3 is 2.58 bits per heavy atom. The van der Waals surface area contributed by atoms with Gasteiger partial charge in [0, 0.05) is 24.3 Å². The van der Waals surface area contributed by atoms with Gasteiger partial charge in [0.05, 0.1) is 12.2 Å². The first-order chi connectivity index (χ1) is 12.6. The van der Waals surface area contributed by atoms with Gasteiger partial charge in [-0.1, -0.05) is 30.3 Å². The van der Waals surface area contributed by atoms with Crippen molar-refractivity contribution >= 4 is 11.4 Å². The molecule has 0 bridgehead atoms. The molecule has 0 aliphatic carbocycles. The van der Waals surface area contributed by atoms with Crippen LogP contribution in [0, 0.1) is 0 Å². The van der Waals surface area contributed by atoms with Gasteiger partial charge in [-0.15, -0.1) is 0 Å². The second kappa shape index (κ2) is 7.22. The van der Waals surface area contributed by atoms with Crippen LogP contribution in [0.1, 0.15) is 38.3 Å². The summed E-state index contributed by atoms with van der Waals surface area (Å²) in [6.07, 6.45) is 3.46. The molecule has 2 aromatic carbocycles. The highest BCUT2D eigenvalue weighted by molar-refractivity contribution is 5.64. The van der Waals surface area contributed by atoms with Crippen molar-refractivity contribution in [3.8, 4) is 5.75 Å². The van der Waals surface area contributed by atoms with E-state index < -0.39 is 0 Å². The number of aryl methyl sites for hydroxylation is 1. The molecule has 0 fully saturated rings. The maximum atomic E-state index is 6.13. The van der Waals surface area contributed by atoms with E-state index in [-0.39, 0.29) is 0 Å². The Hall–Kier alpha value is -2.16. The van der Waals surface area contributed by atoms with Gasteiger partial charge in [-0.05, 0) is 63.3 Å². The lowest BCUT2D eigenvalue weighted by Gasteiger charge is -2.38. The molecule has 0 amide bonds. The summed E-state index contributed by atoms with van der Waals surface area (Å²) in [5, 5.41) is 0. The summed E-state index contributed by atoms with van der Waals surface area (Å²) < 4.78 is 6.13. The van der Waals surface area contributed by atoms with Crippen LogP contribution in [0.25, 0.3) is 0 Å². The van der Waals surface area contributed by atoms with Gasteiger partial charge in [0.25, 0.3) is 0 Å². The molecule has 4 rings (SSSR count). The molecule has 1 atom stereocenters. The molecule has 0 aromatic heterocycles. The SMILES string of the molecule is CC(C)N1CCOc2c(CC(C)N3CCCc4ccccc43)cccc21. The fourth-order valence-electron chi connectivity index (χ4n) is 4.48. The maximum Gasteiger partial charge on any atom is 0.145 e. The van der Waals surface area contributed by atoms with Crippen molar-refractivity contribution in [3.63, 3.8) is 0 Å². The highest BCUT2D eigenvalue weighted by Crippen LogP contribution is 2.37. The first-order valence-corrected chi connectivity index (χ1v) is 10.0. The summed E-state index contributed by atoms with van der Waals surface area (Å²) in [5.41, 5.74) is 5.50. The van der Waals surface area contributed by atoms with E-state index in [0.29, 0.717) is 12.1 Å². The number of ether oxygens (including phenoxy) is 1. The molecule has 2 aliphatic rings. The van der Waals surface area contributed by atoms with E-state index in [4.69, 9.17) is 4.74 Å². The first kappa shape index (κ1) is 17.3. The van der Waals surface area contributed by atoms with E-state index in [1.165, 1.54) is 35.3 Å². The van der Waals surface area contributed by atoms with Crippen LogP contribution in [-0.4, -0.2) is 31.8 Å². The Labute approximate surface area is 157 Å². The van der Waals surface area contributed by atoms with Gasteiger partial charge in [0.2, 0.25) is 0 Å². The van der Waals surface area contributed by atoms with Gasteiger partial charge >= 0.3 is 0 Å². The summed E-state index contributed by atoms with van der Waals surface area (Å²) >= 11 is 0.